The van der Waals surface area contributed by atoms with E-state index < -0.39 is 0 Å². The molecule has 0 spiro atoms. The van der Waals surface area contributed by atoms with Crippen molar-refractivity contribution < 1.29 is 13.9 Å². The van der Waals surface area contributed by atoms with E-state index in [-0.39, 0.29) is 11.9 Å². The van der Waals surface area contributed by atoms with E-state index >= 15 is 4.39 Å². The van der Waals surface area contributed by atoms with Crippen LogP contribution < -0.4 is 14.8 Å². The highest BCUT2D eigenvalue weighted by Crippen LogP contribution is 2.42. The van der Waals surface area contributed by atoms with Crippen molar-refractivity contribution >= 4 is 22.4 Å². The van der Waals surface area contributed by atoms with Gasteiger partial charge in [0.15, 0.2) is 11.6 Å². The molecule has 2 aliphatic heterocycles. The molecular formula is C38H40FN7O2. The second-order valence-electron chi connectivity index (χ2n) is 13.0. The predicted molar refractivity (Wildman–Crippen MR) is 184 cm³/mol. The van der Waals surface area contributed by atoms with Gasteiger partial charge in [-0.3, -0.25) is 14.8 Å². The van der Waals surface area contributed by atoms with Crippen LogP contribution >= 0.6 is 0 Å². The quantitative estimate of drug-likeness (QED) is 0.169. The van der Waals surface area contributed by atoms with Gasteiger partial charge in [-0.2, -0.15) is 4.98 Å². The molecule has 0 saturated carbocycles. The fraction of sp³-hybridized carbons (Fsp3) is 0.368. The van der Waals surface area contributed by atoms with E-state index in [1.165, 1.54) is 31.2 Å². The third kappa shape index (κ3) is 6.18. The molecule has 2 aromatic carbocycles. The molecular weight excluding hydrogens is 605 g/mol. The van der Waals surface area contributed by atoms with Crippen LogP contribution in [0.1, 0.15) is 60.6 Å². The molecule has 2 fully saturated rings. The molecule has 1 N–H and O–H groups in total. The van der Waals surface area contributed by atoms with Gasteiger partial charge in [-0.15, -0.1) is 0 Å². The van der Waals surface area contributed by atoms with Crippen LogP contribution in [0.4, 0.5) is 15.9 Å². The van der Waals surface area contributed by atoms with E-state index in [1.807, 2.05) is 36.5 Å². The Bertz CT molecular complexity index is 1940. The number of fused-ring (bicyclic) bond motifs is 2. The Labute approximate surface area is 280 Å². The van der Waals surface area contributed by atoms with Gasteiger partial charge in [0.05, 0.1) is 19.0 Å². The number of hydrogen-bond acceptors (Lipinski definition) is 9. The number of anilines is 2. The zero-order valence-corrected chi connectivity index (χ0v) is 27.3. The van der Waals surface area contributed by atoms with Gasteiger partial charge in [-0.05, 0) is 105 Å². The van der Waals surface area contributed by atoms with Crippen LogP contribution in [0, 0.1) is 5.82 Å². The van der Waals surface area contributed by atoms with Crippen molar-refractivity contribution in [2.24, 2.45) is 0 Å². The first-order valence-electron chi connectivity index (χ1n) is 17.1. The summed E-state index contributed by atoms with van der Waals surface area (Å²) in [6.45, 7) is 6.02. The minimum absolute atomic E-state index is 0.214. The summed E-state index contributed by atoms with van der Waals surface area (Å²) in [5.74, 6) is 1.13. The first-order chi connectivity index (χ1) is 23.6. The first-order valence-corrected chi connectivity index (χ1v) is 17.1. The third-order valence-electron chi connectivity index (χ3n) is 9.84. The average Bonchev–Trinajstić information content (AvgIpc) is 3.90. The monoisotopic (exact) mass is 645 g/mol. The van der Waals surface area contributed by atoms with E-state index in [0.717, 1.165) is 85.4 Å². The molecule has 10 heteroatoms. The Hall–Kier alpha value is -4.67. The molecule has 246 valence electrons. The van der Waals surface area contributed by atoms with Crippen molar-refractivity contribution in [1.29, 1.82) is 0 Å². The van der Waals surface area contributed by atoms with Gasteiger partial charge in [0.1, 0.15) is 17.3 Å². The maximum Gasteiger partial charge on any atom is 0.240 e. The SMILES string of the molecule is COc1nc(O[C@@H]2CCc3c(-c4cccc(Nc5nccc6cc(CN7CCCC7)cnc56)c4F)cccc32)cnc1CN1CCCC1. The molecule has 5 heterocycles. The third-order valence-corrected chi connectivity index (χ3v) is 9.84. The molecule has 1 atom stereocenters. The number of ether oxygens (including phenoxy) is 2. The molecule has 0 amide bonds. The van der Waals surface area contributed by atoms with Gasteiger partial charge in [0.25, 0.3) is 0 Å². The molecule has 3 aromatic heterocycles. The van der Waals surface area contributed by atoms with Crippen molar-refractivity contribution in [1.82, 2.24) is 29.7 Å². The number of rotatable bonds is 10. The highest BCUT2D eigenvalue weighted by Gasteiger charge is 2.29. The summed E-state index contributed by atoms with van der Waals surface area (Å²) in [5.41, 5.74) is 6.59. The molecule has 3 aliphatic rings. The van der Waals surface area contributed by atoms with Gasteiger partial charge >= 0.3 is 0 Å². The van der Waals surface area contributed by atoms with Crippen LogP contribution in [0.25, 0.3) is 22.0 Å². The van der Waals surface area contributed by atoms with E-state index in [4.69, 9.17) is 14.5 Å². The van der Waals surface area contributed by atoms with Crippen molar-refractivity contribution in [2.45, 2.75) is 57.7 Å². The average molecular weight is 646 g/mol. The van der Waals surface area contributed by atoms with Crippen molar-refractivity contribution in [3.63, 3.8) is 0 Å². The second kappa shape index (κ2) is 13.4. The van der Waals surface area contributed by atoms with Crippen molar-refractivity contribution in [3.8, 4) is 22.9 Å². The van der Waals surface area contributed by atoms with Crippen LogP contribution in [0.2, 0.25) is 0 Å². The summed E-state index contributed by atoms with van der Waals surface area (Å²) in [4.78, 5) is 23.4. The van der Waals surface area contributed by atoms with E-state index in [1.54, 1.807) is 25.6 Å². The normalized spacial score (nSPS) is 18.0. The van der Waals surface area contributed by atoms with Gasteiger partial charge in [0, 0.05) is 36.4 Å². The van der Waals surface area contributed by atoms with Crippen LogP contribution in [-0.4, -0.2) is 63.0 Å². The topological polar surface area (TPSA) is 88.5 Å². The molecule has 1 aliphatic carbocycles. The maximum absolute atomic E-state index is 16.3. The lowest BCUT2D eigenvalue weighted by molar-refractivity contribution is 0.194. The summed E-state index contributed by atoms with van der Waals surface area (Å²) in [5, 5.41) is 4.23. The summed E-state index contributed by atoms with van der Waals surface area (Å²) in [6.07, 6.45) is 11.6. The summed E-state index contributed by atoms with van der Waals surface area (Å²) in [7, 11) is 1.62. The number of hydrogen-bond donors (Lipinski definition) is 1. The Morgan fingerprint density at radius 1 is 0.875 bits per heavy atom. The molecule has 5 aromatic rings. The van der Waals surface area contributed by atoms with E-state index in [2.05, 4.69) is 42.2 Å². The maximum atomic E-state index is 16.3. The number of methoxy groups -OCH3 is 1. The number of nitrogens with one attached hydrogen (secondary N) is 1. The lowest BCUT2D eigenvalue weighted by Gasteiger charge is -2.18. The number of benzene rings is 2. The van der Waals surface area contributed by atoms with Crippen molar-refractivity contribution in [2.75, 3.05) is 38.6 Å². The molecule has 48 heavy (non-hydrogen) atoms. The van der Waals surface area contributed by atoms with Gasteiger partial charge in [0.2, 0.25) is 11.8 Å². The number of halogens is 1. The van der Waals surface area contributed by atoms with Crippen LogP contribution in [0.15, 0.2) is 67.1 Å². The number of likely N-dealkylation sites (tertiary alicyclic amines) is 2. The highest BCUT2D eigenvalue weighted by molar-refractivity contribution is 5.90. The Balaban J connectivity index is 1.02. The number of pyridine rings is 2. The van der Waals surface area contributed by atoms with Gasteiger partial charge in [-0.1, -0.05) is 30.3 Å². The zero-order valence-electron chi connectivity index (χ0n) is 27.3. The summed E-state index contributed by atoms with van der Waals surface area (Å²) < 4.78 is 28.3. The van der Waals surface area contributed by atoms with E-state index in [0.29, 0.717) is 28.8 Å². The molecule has 0 bridgehead atoms. The number of nitrogens with zero attached hydrogens (tertiary/aromatic N) is 6. The lowest BCUT2D eigenvalue weighted by Crippen LogP contribution is -2.20. The molecule has 9 nitrogen and oxygen atoms in total. The van der Waals surface area contributed by atoms with E-state index in [9.17, 15) is 0 Å². The molecule has 8 rings (SSSR count). The predicted octanol–water partition coefficient (Wildman–Crippen LogP) is 7.24. The lowest BCUT2D eigenvalue weighted by atomic mass is 9.96. The zero-order chi connectivity index (χ0) is 32.5. The summed E-state index contributed by atoms with van der Waals surface area (Å²) in [6, 6.07) is 15.6. The first kappa shape index (κ1) is 30.7. The second-order valence-corrected chi connectivity index (χ2v) is 13.0. The van der Waals surface area contributed by atoms with Crippen LogP contribution in [0.5, 0.6) is 11.8 Å². The van der Waals surface area contributed by atoms with Gasteiger partial charge in [-0.25, -0.2) is 14.4 Å². The minimum Gasteiger partial charge on any atom is -0.480 e. The summed E-state index contributed by atoms with van der Waals surface area (Å²) >= 11 is 0. The Morgan fingerprint density at radius 2 is 1.65 bits per heavy atom. The largest absolute Gasteiger partial charge is 0.480 e. The van der Waals surface area contributed by atoms with Crippen molar-refractivity contribution in [3.05, 3.63) is 95.3 Å². The Kier molecular flexibility index (Phi) is 8.59. The van der Waals surface area contributed by atoms with Crippen LogP contribution in [0.3, 0.4) is 0 Å². The van der Waals surface area contributed by atoms with Crippen LogP contribution in [-0.2, 0) is 19.5 Å². The smallest absolute Gasteiger partial charge is 0.240 e. The highest BCUT2D eigenvalue weighted by atomic mass is 19.1. The fourth-order valence-electron chi connectivity index (χ4n) is 7.45. The molecule has 2 saturated heterocycles. The van der Waals surface area contributed by atoms with Gasteiger partial charge < -0.3 is 14.8 Å². The molecule has 0 radical (unpaired) electrons. The standard InChI is InChI=1S/C38H40FN7O2/c1-47-38-32(24-46-18-4-5-19-46)41-22-34(44-38)48-33-13-12-28-27(8-6-9-29(28)33)30-10-7-11-31(35(30)39)43-37-36-26(14-15-40-37)20-25(21-42-36)23-45-16-2-3-17-45/h6-11,14-15,20-22,33H,2-5,12-13,16-19,23-24H2,1H3,(H,40,43)/t33-/m1/s1. The molecule has 0 unspecified atom stereocenters. The fourth-order valence-corrected chi connectivity index (χ4v) is 7.45. The Morgan fingerprint density at radius 3 is 2.46 bits per heavy atom. The minimum atomic E-state index is -0.330. The number of aromatic nitrogens is 4.